The molecule has 5 nitrogen and oxygen atoms in total. The van der Waals surface area contributed by atoms with E-state index < -0.39 is 5.97 Å². The molecular weight excluding hydrogens is 256 g/mol. The van der Waals surface area contributed by atoms with Gasteiger partial charge in [0.25, 0.3) is 0 Å². The second-order valence-electron chi connectivity index (χ2n) is 4.57. The molecule has 0 unspecified atom stereocenters. The molecule has 1 aromatic heterocycles. The zero-order valence-corrected chi connectivity index (χ0v) is 11.4. The van der Waals surface area contributed by atoms with Gasteiger partial charge in [0, 0.05) is 18.5 Å². The third-order valence-electron chi connectivity index (χ3n) is 3.10. The van der Waals surface area contributed by atoms with E-state index in [4.69, 9.17) is 0 Å². The number of fused-ring (bicyclic) bond motifs is 1. The van der Waals surface area contributed by atoms with Crippen LogP contribution in [0.1, 0.15) is 23.8 Å². The van der Waals surface area contributed by atoms with E-state index in [1.54, 1.807) is 6.07 Å². The molecule has 2 N–H and O–H groups in total. The number of nitrogens with zero attached hydrogens (tertiary/aromatic N) is 2. The van der Waals surface area contributed by atoms with Crippen molar-refractivity contribution in [3.05, 3.63) is 36.0 Å². The van der Waals surface area contributed by atoms with Crippen molar-refractivity contribution in [3.8, 4) is 0 Å². The van der Waals surface area contributed by atoms with Crippen LogP contribution < -0.4 is 4.90 Å². The molecule has 2 aromatic rings. The molecule has 0 saturated heterocycles. The van der Waals surface area contributed by atoms with E-state index in [-0.39, 0.29) is 12.3 Å². The maximum atomic E-state index is 11.2. The van der Waals surface area contributed by atoms with Gasteiger partial charge in [0.05, 0.1) is 6.61 Å². The van der Waals surface area contributed by atoms with Crippen LogP contribution in [0.5, 0.6) is 0 Å². The minimum Gasteiger partial charge on any atom is -0.477 e. The third kappa shape index (κ3) is 2.88. The van der Waals surface area contributed by atoms with Crippen LogP contribution in [-0.2, 0) is 0 Å². The Morgan fingerprint density at radius 1 is 1.30 bits per heavy atom. The predicted molar refractivity (Wildman–Crippen MR) is 78.3 cm³/mol. The van der Waals surface area contributed by atoms with Gasteiger partial charge in [-0.2, -0.15) is 0 Å². The Balaban J connectivity index is 2.61. The average molecular weight is 274 g/mol. The quantitative estimate of drug-likeness (QED) is 0.844. The first kappa shape index (κ1) is 14.3. The fraction of sp³-hybridized carbons (Fsp3) is 0.333. The molecule has 0 radical (unpaired) electrons. The van der Waals surface area contributed by atoms with Gasteiger partial charge in [-0.15, -0.1) is 0 Å². The van der Waals surface area contributed by atoms with Crippen LogP contribution in [0.2, 0.25) is 0 Å². The van der Waals surface area contributed by atoms with Gasteiger partial charge in [0.2, 0.25) is 0 Å². The smallest absolute Gasteiger partial charge is 0.354 e. The number of carboxylic acid groups (broad SMARTS) is 1. The van der Waals surface area contributed by atoms with E-state index in [1.807, 2.05) is 36.1 Å². The van der Waals surface area contributed by atoms with Crippen molar-refractivity contribution in [2.45, 2.75) is 13.3 Å². The number of pyridine rings is 1. The lowest BCUT2D eigenvalue weighted by atomic mass is 10.1. The van der Waals surface area contributed by atoms with E-state index in [1.165, 1.54) is 0 Å². The molecule has 0 saturated carbocycles. The summed E-state index contributed by atoms with van der Waals surface area (Å²) in [5.41, 5.74) is 0.0257. The second-order valence-corrected chi connectivity index (χ2v) is 4.57. The minimum atomic E-state index is -1.04. The second kappa shape index (κ2) is 6.34. The Kier molecular flexibility index (Phi) is 4.53. The lowest BCUT2D eigenvalue weighted by Gasteiger charge is -2.24. The largest absolute Gasteiger partial charge is 0.477 e. The molecule has 0 atom stereocenters. The van der Waals surface area contributed by atoms with Crippen molar-refractivity contribution >= 4 is 22.6 Å². The molecule has 0 amide bonds. The van der Waals surface area contributed by atoms with Crippen molar-refractivity contribution in [3.63, 3.8) is 0 Å². The summed E-state index contributed by atoms with van der Waals surface area (Å²) in [7, 11) is 0. The topological polar surface area (TPSA) is 73.7 Å². The lowest BCUT2D eigenvalue weighted by molar-refractivity contribution is 0.0691. The zero-order chi connectivity index (χ0) is 14.5. The van der Waals surface area contributed by atoms with Gasteiger partial charge < -0.3 is 15.1 Å². The van der Waals surface area contributed by atoms with Crippen LogP contribution in [0.15, 0.2) is 30.3 Å². The third-order valence-corrected chi connectivity index (χ3v) is 3.10. The number of anilines is 1. The van der Waals surface area contributed by atoms with Crippen LogP contribution in [-0.4, -0.2) is 40.9 Å². The molecule has 0 aliphatic rings. The summed E-state index contributed by atoms with van der Waals surface area (Å²) in [6, 6.07) is 9.13. The predicted octanol–water partition coefficient (Wildman–Crippen LogP) is 2.14. The maximum absolute atomic E-state index is 11.2. The summed E-state index contributed by atoms with van der Waals surface area (Å²) in [6.45, 7) is 3.20. The van der Waals surface area contributed by atoms with Crippen LogP contribution in [0, 0.1) is 0 Å². The van der Waals surface area contributed by atoms with E-state index in [9.17, 15) is 15.0 Å². The number of aliphatic hydroxyl groups is 1. The Morgan fingerprint density at radius 2 is 2.05 bits per heavy atom. The van der Waals surface area contributed by atoms with Crippen LogP contribution in [0.3, 0.4) is 0 Å². The number of carboxylic acids is 1. The summed E-state index contributed by atoms with van der Waals surface area (Å²) in [5.74, 6) is -0.422. The summed E-state index contributed by atoms with van der Waals surface area (Å²) in [5, 5.41) is 20.1. The number of aliphatic hydroxyl groups excluding tert-OH is 1. The van der Waals surface area contributed by atoms with Crippen molar-refractivity contribution in [1.29, 1.82) is 0 Å². The zero-order valence-electron chi connectivity index (χ0n) is 11.4. The monoisotopic (exact) mass is 274 g/mol. The summed E-state index contributed by atoms with van der Waals surface area (Å²) < 4.78 is 0. The molecule has 20 heavy (non-hydrogen) atoms. The highest BCUT2D eigenvalue weighted by Crippen LogP contribution is 2.26. The van der Waals surface area contributed by atoms with Crippen molar-refractivity contribution < 1.29 is 15.0 Å². The van der Waals surface area contributed by atoms with Crippen molar-refractivity contribution in [1.82, 2.24) is 4.98 Å². The first-order valence-corrected chi connectivity index (χ1v) is 6.66. The number of hydrogen-bond donors (Lipinski definition) is 2. The highest BCUT2D eigenvalue weighted by Gasteiger charge is 2.15. The van der Waals surface area contributed by atoms with Gasteiger partial charge in [-0.1, -0.05) is 31.2 Å². The van der Waals surface area contributed by atoms with Gasteiger partial charge in [0.15, 0.2) is 5.69 Å². The number of hydrogen-bond acceptors (Lipinski definition) is 4. The maximum Gasteiger partial charge on any atom is 0.354 e. The molecule has 5 heteroatoms. The van der Waals surface area contributed by atoms with E-state index in [0.717, 1.165) is 23.7 Å². The average Bonchev–Trinajstić information content (AvgIpc) is 2.46. The Bertz CT molecular complexity index is 607. The highest BCUT2D eigenvalue weighted by atomic mass is 16.4. The van der Waals surface area contributed by atoms with E-state index in [0.29, 0.717) is 12.4 Å². The number of rotatable bonds is 6. The molecule has 1 aromatic carbocycles. The Labute approximate surface area is 117 Å². The SMILES string of the molecule is CCCN(CCO)c1nc(C(=O)O)cc2ccccc12. The molecular formula is C15H18N2O3. The molecule has 0 aliphatic carbocycles. The summed E-state index contributed by atoms with van der Waals surface area (Å²) >= 11 is 0. The summed E-state index contributed by atoms with van der Waals surface area (Å²) in [4.78, 5) is 17.4. The number of aromatic carboxylic acids is 1. The summed E-state index contributed by atoms with van der Waals surface area (Å²) in [6.07, 6.45) is 0.896. The van der Waals surface area contributed by atoms with Gasteiger partial charge >= 0.3 is 5.97 Å². The molecule has 0 spiro atoms. The standard InChI is InChI=1S/C15H18N2O3/c1-2-7-17(8-9-18)14-12-6-4-3-5-11(12)10-13(16-14)15(19)20/h3-6,10,18H,2,7-9H2,1H3,(H,19,20). The molecule has 2 rings (SSSR count). The van der Waals surface area contributed by atoms with Gasteiger partial charge in [-0.3, -0.25) is 0 Å². The van der Waals surface area contributed by atoms with Crippen LogP contribution in [0.25, 0.3) is 10.8 Å². The first-order chi connectivity index (χ1) is 9.67. The number of aromatic nitrogens is 1. The lowest BCUT2D eigenvalue weighted by Crippen LogP contribution is -2.29. The number of carbonyl (C=O) groups is 1. The number of benzene rings is 1. The van der Waals surface area contributed by atoms with E-state index >= 15 is 0 Å². The molecule has 0 fully saturated rings. The fourth-order valence-electron chi connectivity index (χ4n) is 2.25. The van der Waals surface area contributed by atoms with E-state index in [2.05, 4.69) is 4.98 Å². The molecule has 1 heterocycles. The Morgan fingerprint density at radius 3 is 2.70 bits per heavy atom. The van der Waals surface area contributed by atoms with Gasteiger partial charge in [-0.05, 0) is 17.9 Å². The van der Waals surface area contributed by atoms with Crippen molar-refractivity contribution in [2.75, 3.05) is 24.6 Å². The highest BCUT2D eigenvalue weighted by molar-refractivity contribution is 5.98. The van der Waals surface area contributed by atoms with Crippen molar-refractivity contribution in [2.24, 2.45) is 0 Å². The molecule has 0 aliphatic heterocycles. The minimum absolute atomic E-state index is 0.00725. The first-order valence-electron chi connectivity index (χ1n) is 6.66. The van der Waals surface area contributed by atoms with Gasteiger partial charge in [0.1, 0.15) is 5.82 Å². The van der Waals surface area contributed by atoms with Crippen LogP contribution in [0.4, 0.5) is 5.82 Å². The Hall–Kier alpha value is -2.14. The van der Waals surface area contributed by atoms with Crippen LogP contribution >= 0.6 is 0 Å². The normalized spacial score (nSPS) is 10.7. The van der Waals surface area contributed by atoms with Gasteiger partial charge in [-0.25, -0.2) is 9.78 Å². The fourth-order valence-corrected chi connectivity index (χ4v) is 2.25. The molecule has 106 valence electrons. The molecule has 0 bridgehead atoms.